The number of nitrogens with zero attached hydrogens (tertiary/aromatic N) is 3. The summed E-state index contributed by atoms with van der Waals surface area (Å²) in [6.45, 7) is 2.74. The molecule has 2 rings (SSSR count). The summed E-state index contributed by atoms with van der Waals surface area (Å²) in [6, 6.07) is 1.89. The van der Waals surface area contributed by atoms with Crippen molar-refractivity contribution in [1.29, 1.82) is 0 Å². The monoisotopic (exact) mass is 237 g/mol. The zero-order chi connectivity index (χ0) is 12.1. The van der Waals surface area contributed by atoms with E-state index in [0.29, 0.717) is 11.9 Å². The van der Waals surface area contributed by atoms with Gasteiger partial charge in [-0.3, -0.25) is 5.43 Å². The second-order valence-corrected chi connectivity index (χ2v) is 4.32. The van der Waals surface area contributed by atoms with E-state index < -0.39 is 0 Å². The highest BCUT2D eigenvalue weighted by Gasteiger charge is 2.16. The molecule has 0 amide bonds. The average Bonchev–Trinajstić information content (AvgIpc) is 2.40. The van der Waals surface area contributed by atoms with E-state index in [1.807, 2.05) is 13.1 Å². The molecule has 0 aliphatic carbocycles. The van der Waals surface area contributed by atoms with E-state index in [1.54, 1.807) is 6.20 Å². The molecule has 0 atom stereocenters. The molecule has 2 heterocycles. The van der Waals surface area contributed by atoms with Gasteiger partial charge in [0, 0.05) is 33.0 Å². The van der Waals surface area contributed by atoms with E-state index in [-0.39, 0.29) is 0 Å². The van der Waals surface area contributed by atoms with E-state index >= 15 is 0 Å². The summed E-state index contributed by atoms with van der Waals surface area (Å²) in [4.78, 5) is 10.4. The third-order valence-corrected chi connectivity index (χ3v) is 3.03. The lowest BCUT2D eigenvalue weighted by Crippen LogP contribution is -2.30. The van der Waals surface area contributed by atoms with Gasteiger partial charge >= 0.3 is 0 Å². The fourth-order valence-corrected chi connectivity index (χ4v) is 2.04. The van der Waals surface area contributed by atoms with Gasteiger partial charge in [0.25, 0.3) is 0 Å². The Balaban J connectivity index is 1.95. The molecule has 1 fully saturated rings. The molecule has 1 aliphatic heterocycles. The van der Waals surface area contributed by atoms with Crippen LogP contribution in [0.3, 0.4) is 0 Å². The smallest absolute Gasteiger partial charge is 0.239 e. The van der Waals surface area contributed by atoms with Crippen LogP contribution in [0.25, 0.3) is 0 Å². The van der Waals surface area contributed by atoms with Gasteiger partial charge in [0.05, 0.1) is 0 Å². The molecule has 17 heavy (non-hydrogen) atoms. The number of hydrogen-bond donors (Lipinski definition) is 2. The van der Waals surface area contributed by atoms with E-state index in [0.717, 1.165) is 38.4 Å². The Hall–Kier alpha value is -1.40. The Morgan fingerprint density at radius 1 is 1.53 bits per heavy atom. The maximum absolute atomic E-state index is 5.35. The molecule has 1 aromatic rings. The third-order valence-electron chi connectivity index (χ3n) is 3.03. The fraction of sp³-hybridized carbons (Fsp3) is 0.636. The topological polar surface area (TPSA) is 76.3 Å². The SMILES string of the molecule is CN(CC1CCOCC1)c1ccnc(NN)n1. The van der Waals surface area contributed by atoms with Crippen LogP contribution < -0.4 is 16.2 Å². The van der Waals surface area contributed by atoms with Crippen molar-refractivity contribution in [1.82, 2.24) is 9.97 Å². The number of ether oxygens (including phenoxy) is 1. The number of nitrogens with one attached hydrogen (secondary N) is 1. The Bertz CT molecular complexity index is 353. The summed E-state index contributed by atoms with van der Waals surface area (Å²) >= 11 is 0. The summed E-state index contributed by atoms with van der Waals surface area (Å²) in [5.41, 5.74) is 2.46. The Morgan fingerprint density at radius 3 is 3.00 bits per heavy atom. The van der Waals surface area contributed by atoms with Crippen LogP contribution in [0, 0.1) is 5.92 Å². The standard InChI is InChI=1S/C11H19N5O/c1-16(8-9-3-6-17-7-4-9)10-2-5-13-11(14-10)15-12/h2,5,9H,3-4,6-8,12H2,1H3,(H,13,14,15). The summed E-state index contributed by atoms with van der Waals surface area (Å²) in [5, 5.41) is 0. The van der Waals surface area contributed by atoms with Gasteiger partial charge in [-0.1, -0.05) is 0 Å². The molecular weight excluding hydrogens is 218 g/mol. The van der Waals surface area contributed by atoms with Gasteiger partial charge < -0.3 is 9.64 Å². The van der Waals surface area contributed by atoms with Crippen molar-refractivity contribution >= 4 is 11.8 Å². The van der Waals surface area contributed by atoms with Crippen LogP contribution in [0.1, 0.15) is 12.8 Å². The van der Waals surface area contributed by atoms with Gasteiger partial charge in [0.2, 0.25) is 5.95 Å². The van der Waals surface area contributed by atoms with Crippen LogP contribution in [0.15, 0.2) is 12.3 Å². The first kappa shape index (κ1) is 12.1. The molecule has 0 spiro atoms. The van der Waals surface area contributed by atoms with Gasteiger partial charge in [0.15, 0.2) is 0 Å². The van der Waals surface area contributed by atoms with Crippen molar-refractivity contribution < 1.29 is 4.74 Å². The predicted molar refractivity (Wildman–Crippen MR) is 66.7 cm³/mol. The Labute approximate surface area is 101 Å². The molecule has 0 bridgehead atoms. The van der Waals surface area contributed by atoms with Crippen molar-refractivity contribution in [3.05, 3.63) is 12.3 Å². The molecule has 3 N–H and O–H groups in total. The zero-order valence-corrected chi connectivity index (χ0v) is 10.1. The molecule has 6 heteroatoms. The van der Waals surface area contributed by atoms with Gasteiger partial charge in [-0.25, -0.2) is 10.8 Å². The highest BCUT2D eigenvalue weighted by atomic mass is 16.5. The van der Waals surface area contributed by atoms with Crippen LogP contribution in [0.2, 0.25) is 0 Å². The summed E-state index contributed by atoms with van der Waals surface area (Å²) in [7, 11) is 2.04. The number of nitrogen functional groups attached to an aromatic ring is 1. The molecular formula is C11H19N5O. The molecule has 0 radical (unpaired) electrons. The van der Waals surface area contributed by atoms with E-state index in [2.05, 4.69) is 20.3 Å². The second kappa shape index (κ2) is 5.79. The minimum atomic E-state index is 0.446. The zero-order valence-electron chi connectivity index (χ0n) is 10.1. The highest BCUT2D eigenvalue weighted by Crippen LogP contribution is 2.18. The van der Waals surface area contributed by atoms with Crippen molar-refractivity contribution in [3.63, 3.8) is 0 Å². The quantitative estimate of drug-likeness (QED) is 0.590. The van der Waals surface area contributed by atoms with Crippen molar-refractivity contribution in [2.24, 2.45) is 11.8 Å². The molecule has 1 aromatic heterocycles. The van der Waals surface area contributed by atoms with Crippen molar-refractivity contribution in [2.75, 3.05) is 37.1 Å². The lowest BCUT2D eigenvalue weighted by Gasteiger charge is -2.27. The van der Waals surface area contributed by atoms with E-state index in [4.69, 9.17) is 10.6 Å². The Kier molecular flexibility index (Phi) is 4.11. The largest absolute Gasteiger partial charge is 0.381 e. The Morgan fingerprint density at radius 2 is 2.29 bits per heavy atom. The first-order valence-corrected chi connectivity index (χ1v) is 5.88. The molecule has 0 unspecified atom stereocenters. The second-order valence-electron chi connectivity index (χ2n) is 4.32. The first-order chi connectivity index (χ1) is 8.29. The maximum Gasteiger partial charge on any atom is 0.239 e. The van der Waals surface area contributed by atoms with Crippen molar-refractivity contribution in [2.45, 2.75) is 12.8 Å². The normalized spacial score (nSPS) is 16.8. The molecule has 94 valence electrons. The highest BCUT2D eigenvalue weighted by molar-refractivity contribution is 5.41. The van der Waals surface area contributed by atoms with Crippen LogP contribution in [0.4, 0.5) is 11.8 Å². The molecule has 0 saturated carbocycles. The van der Waals surface area contributed by atoms with E-state index in [9.17, 15) is 0 Å². The van der Waals surface area contributed by atoms with Crippen LogP contribution in [-0.2, 0) is 4.74 Å². The summed E-state index contributed by atoms with van der Waals surface area (Å²) in [5.74, 6) is 7.31. The average molecular weight is 237 g/mol. The minimum Gasteiger partial charge on any atom is -0.381 e. The van der Waals surface area contributed by atoms with Gasteiger partial charge in [0.1, 0.15) is 5.82 Å². The third kappa shape index (κ3) is 3.28. The van der Waals surface area contributed by atoms with Crippen LogP contribution in [-0.4, -0.2) is 36.8 Å². The number of hydrazine groups is 1. The van der Waals surface area contributed by atoms with Crippen LogP contribution in [0.5, 0.6) is 0 Å². The number of hydrogen-bond acceptors (Lipinski definition) is 6. The molecule has 1 saturated heterocycles. The minimum absolute atomic E-state index is 0.446. The number of anilines is 2. The molecule has 6 nitrogen and oxygen atoms in total. The van der Waals surface area contributed by atoms with Gasteiger partial charge in [-0.05, 0) is 24.8 Å². The lowest BCUT2D eigenvalue weighted by atomic mass is 10.00. The van der Waals surface area contributed by atoms with E-state index in [1.165, 1.54) is 0 Å². The number of nitrogens with two attached hydrogens (primary N) is 1. The van der Waals surface area contributed by atoms with Crippen molar-refractivity contribution in [3.8, 4) is 0 Å². The molecule has 1 aliphatic rings. The summed E-state index contributed by atoms with van der Waals surface area (Å²) in [6.07, 6.45) is 3.95. The lowest BCUT2D eigenvalue weighted by molar-refractivity contribution is 0.0685. The van der Waals surface area contributed by atoms with Crippen LogP contribution >= 0.6 is 0 Å². The number of aromatic nitrogens is 2. The molecule has 0 aromatic carbocycles. The predicted octanol–water partition coefficient (Wildman–Crippen LogP) is 0.625. The summed E-state index contributed by atoms with van der Waals surface area (Å²) < 4.78 is 5.35. The first-order valence-electron chi connectivity index (χ1n) is 5.88. The van der Waals surface area contributed by atoms with Gasteiger partial charge in [-0.2, -0.15) is 4.98 Å². The number of rotatable bonds is 4. The maximum atomic E-state index is 5.35. The fourth-order valence-electron chi connectivity index (χ4n) is 2.04. The van der Waals surface area contributed by atoms with Gasteiger partial charge in [-0.15, -0.1) is 0 Å².